The van der Waals surface area contributed by atoms with Crippen molar-refractivity contribution in [3.05, 3.63) is 0 Å². The van der Waals surface area contributed by atoms with Crippen LogP contribution in [0.25, 0.3) is 0 Å². The Balaban J connectivity index is 2.31. The molecule has 0 spiro atoms. The summed E-state index contributed by atoms with van der Waals surface area (Å²) in [6.07, 6.45) is -4.09. The van der Waals surface area contributed by atoms with Crippen LogP contribution in [0.1, 0.15) is 27.2 Å². The average Bonchev–Trinajstić information content (AvgIpc) is 2.82. The standard InChI is InChI=1S/C15H18N2O9/c1-7(18)23-6-11-13(24-8(2)19)14(25-9(3)20)15(26-11)17-12(22)4-10(21)5-16-17/h5,11,13-15H,4,6H2,1-3H3/t11-,13-,14-,15-/m1/s1. The molecule has 142 valence electrons. The zero-order valence-corrected chi connectivity index (χ0v) is 14.4. The van der Waals surface area contributed by atoms with E-state index in [1.807, 2.05) is 0 Å². The van der Waals surface area contributed by atoms with E-state index in [0.29, 0.717) is 0 Å². The summed E-state index contributed by atoms with van der Waals surface area (Å²) in [6.45, 7) is 3.16. The highest BCUT2D eigenvalue weighted by atomic mass is 16.7. The fourth-order valence-electron chi connectivity index (χ4n) is 2.56. The van der Waals surface area contributed by atoms with E-state index in [2.05, 4.69) is 5.10 Å². The smallest absolute Gasteiger partial charge is 0.303 e. The van der Waals surface area contributed by atoms with E-state index < -0.39 is 60.6 Å². The van der Waals surface area contributed by atoms with Crippen molar-refractivity contribution in [2.24, 2.45) is 5.10 Å². The second-order valence-electron chi connectivity index (χ2n) is 5.64. The predicted molar refractivity (Wildman–Crippen MR) is 81.4 cm³/mol. The Morgan fingerprint density at radius 3 is 2.27 bits per heavy atom. The molecule has 2 rings (SSSR count). The van der Waals surface area contributed by atoms with Gasteiger partial charge < -0.3 is 18.9 Å². The Hall–Kier alpha value is -2.82. The number of amides is 1. The van der Waals surface area contributed by atoms with E-state index in [9.17, 15) is 24.0 Å². The number of rotatable bonds is 5. The molecule has 26 heavy (non-hydrogen) atoms. The van der Waals surface area contributed by atoms with Crippen LogP contribution >= 0.6 is 0 Å². The fourth-order valence-corrected chi connectivity index (χ4v) is 2.56. The highest BCUT2D eigenvalue weighted by molar-refractivity contribution is 6.33. The van der Waals surface area contributed by atoms with Crippen LogP contribution in [-0.4, -0.2) is 72.0 Å². The third-order valence-corrected chi connectivity index (χ3v) is 3.49. The molecule has 11 nitrogen and oxygen atoms in total. The van der Waals surface area contributed by atoms with E-state index in [0.717, 1.165) is 25.1 Å². The lowest BCUT2D eigenvalue weighted by molar-refractivity contribution is -0.172. The van der Waals surface area contributed by atoms with Crippen molar-refractivity contribution in [3.63, 3.8) is 0 Å². The second-order valence-corrected chi connectivity index (χ2v) is 5.64. The second kappa shape index (κ2) is 8.04. The molecule has 0 saturated carbocycles. The number of ether oxygens (including phenoxy) is 4. The lowest BCUT2D eigenvalue weighted by atomic mass is 10.1. The van der Waals surface area contributed by atoms with Gasteiger partial charge in [-0.2, -0.15) is 10.1 Å². The monoisotopic (exact) mass is 370 g/mol. The van der Waals surface area contributed by atoms with E-state index in [1.165, 1.54) is 6.92 Å². The van der Waals surface area contributed by atoms with Gasteiger partial charge in [0.1, 0.15) is 12.7 Å². The first kappa shape index (κ1) is 19.5. The Morgan fingerprint density at radius 2 is 1.73 bits per heavy atom. The van der Waals surface area contributed by atoms with Crippen LogP contribution in [0.2, 0.25) is 0 Å². The van der Waals surface area contributed by atoms with Gasteiger partial charge in [0.05, 0.1) is 12.6 Å². The average molecular weight is 370 g/mol. The van der Waals surface area contributed by atoms with Crippen molar-refractivity contribution in [3.8, 4) is 0 Å². The molecule has 4 atom stereocenters. The van der Waals surface area contributed by atoms with E-state index >= 15 is 0 Å². The number of ketones is 1. The van der Waals surface area contributed by atoms with Crippen molar-refractivity contribution >= 4 is 35.8 Å². The van der Waals surface area contributed by atoms with Crippen molar-refractivity contribution in [2.75, 3.05) is 6.61 Å². The van der Waals surface area contributed by atoms with E-state index in [1.54, 1.807) is 0 Å². The molecule has 0 bridgehead atoms. The summed E-state index contributed by atoms with van der Waals surface area (Å²) in [7, 11) is 0. The summed E-state index contributed by atoms with van der Waals surface area (Å²) >= 11 is 0. The number of hydrazone groups is 1. The van der Waals surface area contributed by atoms with Crippen LogP contribution in [0.4, 0.5) is 0 Å². The van der Waals surface area contributed by atoms with E-state index in [4.69, 9.17) is 18.9 Å². The normalized spacial score (nSPS) is 28.0. The summed E-state index contributed by atoms with van der Waals surface area (Å²) in [5, 5.41) is 4.57. The summed E-state index contributed by atoms with van der Waals surface area (Å²) < 4.78 is 20.8. The van der Waals surface area contributed by atoms with Gasteiger partial charge in [0.25, 0.3) is 5.91 Å². The first-order chi connectivity index (χ1) is 12.2. The number of carbonyl (C=O) groups excluding carboxylic acids is 5. The number of nitrogens with zero attached hydrogens (tertiary/aromatic N) is 2. The molecule has 0 aliphatic carbocycles. The highest BCUT2D eigenvalue weighted by Crippen LogP contribution is 2.31. The molecule has 1 fully saturated rings. The molecule has 0 aromatic carbocycles. The van der Waals surface area contributed by atoms with Gasteiger partial charge >= 0.3 is 17.9 Å². The van der Waals surface area contributed by atoms with Crippen LogP contribution in [0.3, 0.4) is 0 Å². The van der Waals surface area contributed by atoms with E-state index in [-0.39, 0.29) is 6.61 Å². The first-order valence-electron chi connectivity index (χ1n) is 7.71. The maximum absolute atomic E-state index is 12.1. The molecule has 0 aromatic heterocycles. The lowest BCUT2D eigenvalue weighted by Crippen LogP contribution is -2.49. The number of hydrogen-bond donors (Lipinski definition) is 0. The van der Waals surface area contributed by atoms with Gasteiger partial charge in [0.15, 0.2) is 24.2 Å². The van der Waals surface area contributed by atoms with Crippen molar-refractivity contribution in [1.29, 1.82) is 0 Å². The minimum atomic E-state index is -1.25. The third kappa shape index (κ3) is 4.63. The Labute approximate surface area is 148 Å². The van der Waals surface area contributed by atoms with Crippen molar-refractivity contribution < 1.29 is 42.9 Å². The zero-order chi connectivity index (χ0) is 19.4. The van der Waals surface area contributed by atoms with Crippen molar-refractivity contribution in [1.82, 2.24) is 5.01 Å². The van der Waals surface area contributed by atoms with Gasteiger partial charge in [0.2, 0.25) is 0 Å². The molecule has 0 N–H and O–H groups in total. The summed E-state index contributed by atoms with van der Waals surface area (Å²) in [6, 6.07) is 0. The molecule has 2 aliphatic rings. The molecule has 1 amide bonds. The van der Waals surface area contributed by atoms with Crippen LogP contribution in [-0.2, 0) is 42.9 Å². The topological polar surface area (TPSA) is 138 Å². The van der Waals surface area contributed by atoms with Gasteiger partial charge in [-0.1, -0.05) is 0 Å². The first-order valence-corrected chi connectivity index (χ1v) is 7.71. The van der Waals surface area contributed by atoms with Crippen LogP contribution in [0.5, 0.6) is 0 Å². The largest absolute Gasteiger partial charge is 0.463 e. The molecular formula is C15H18N2O9. The number of carbonyl (C=O) groups is 5. The highest BCUT2D eigenvalue weighted by Gasteiger charge is 2.53. The van der Waals surface area contributed by atoms with Gasteiger partial charge in [-0.25, -0.2) is 0 Å². The van der Waals surface area contributed by atoms with Gasteiger partial charge in [-0.15, -0.1) is 0 Å². The lowest BCUT2D eigenvalue weighted by Gasteiger charge is -2.29. The summed E-state index contributed by atoms with van der Waals surface area (Å²) in [5.41, 5.74) is 0. The van der Waals surface area contributed by atoms with Gasteiger partial charge in [0, 0.05) is 20.8 Å². The van der Waals surface area contributed by atoms with Gasteiger partial charge in [-0.05, 0) is 0 Å². The zero-order valence-electron chi connectivity index (χ0n) is 14.4. The Bertz CT molecular complexity index is 660. The molecule has 2 heterocycles. The molecule has 2 aliphatic heterocycles. The summed E-state index contributed by atoms with van der Waals surface area (Å²) in [4.78, 5) is 57.4. The van der Waals surface area contributed by atoms with Crippen LogP contribution in [0.15, 0.2) is 5.10 Å². The molecule has 0 radical (unpaired) electrons. The number of hydrogen-bond acceptors (Lipinski definition) is 10. The maximum Gasteiger partial charge on any atom is 0.303 e. The quantitative estimate of drug-likeness (QED) is 0.336. The molecular weight excluding hydrogens is 352 g/mol. The minimum Gasteiger partial charge on any atom is -0.463 e. The molecule has 0 unspecified atom stereocenters. The maximum atomic E-state index is 12.1. The SMILES string of the molecule is CC(=O)OC[C@H]1O[C@@H](N2N=CC(=O)CC2=O)[C@H](OC(C)=O)[C@@H]1OC(C)=O. The summed E-state index contributed by atoms with van der Waals surface area (Å²) in [5.74, 6) is -3.15. The molecule has 11 heteroatoms. The van der Waals surface area contributed by atoms with Crippen LogP contribution < -0.4 is 0 Å². The minimum absolute atomic E-state index is 0.299. The Kier molecular flexibility index (Phi) is 6.03. The van der Waals surface area contributed by atoms with Crippen LogP contribution in [0, 0.1) is 0 Å². The molecule has 0 aromatic rings. The fraction of sp³-hybridized carbons (Fsp3) is 0.600. The van der Waals surface area contributed by atoms with Crippen molar-refractivity contribution in [2.45, 2.75) is 51.7 Å². The number of esters is 3. The third-order valence-electron chi connectivity index (χ3n) is 3.49. The van der Waals surface area contributed by atoms with Gasteiger partial charge in [-0.3, -0.25) is 24.0 Å². The molecule has 1 saturated heterocycles. The Morgan fingerprint density at radius 1 is 1.12 bits per heavy atom. The number of Topliss-reactive ketones (excluding diaryl/α,β-unsaturated/α-hetero) is 1. The predicted octanol–water partition coefficient (Wildman–Crippen LogP) is -1.07.